The number of ether oxygens (including phenoxy) is 1. The molecule has 7 nitrogen and oxygen atoms in total. The molecule has 2 aromatic carbocycles. The van der Waals surface area contributed by atoms with Crippen LogP contribution in [0.1, 0.15) is 24.0 Å². The van der Waals surface area contributed by atoms with Crippen LogP contribution in [0.25, 0.3) is 0 Å². The minimum absolute atomic E-state index is 0. The van der Waals surface area contributed by atoms with E-state index in [0.29, 0.717) is 42.3 Å². The van der Waals surface area contributed by atoms with Crippen LogP contribution in [0.15, 0.2) is 69.2 Å². The molecule has 0 radical (unpaired) electrons. The smallest absolute Gasteiger partial charge is 0.854 e. The average Bonchev–Trinajstić information content (AvgIpc) is 3.00. The van der Waals surface area contributed by atoms with Gasteiger partial charge in [0.15, 0.2) is 5.90 Å². The number of hydrogen-bond donors (Lipinski definition) is 0. The molecule has 0 bridgehead atoms. The zero-order valence-corrected chi connectivity index (χ0v) is 21.5. The Kier molecular flexibility index (Phi) is 9.37. The molecule has 0 N–H and O–H groups in total. The number of halogens is 1. The van der Waals surface area contributed by atoms with Crippen molar-refractivity contribution in [1.82, 2.24) is 9.13 Å². The Morgan fingerprint density at radius 1 is 1.12 bits per heavy atom. The molecule has 0 aliphatic carbocycles. The van der Waals surface area contributed by atoms with E-state index in [1.54, 1.807) is 7.05 Å². The van der Waals surface area contributed by atoms with Gasteiger partial charge >= 0.3 is 24.6 Å². The summed E-state index contributed by atoms with van der Waals surface area (Å²) in [5, 5.41) is 11.0. The van der Waals surface area contributed by atoms with E-state index in [9.17, 15) is 14.7 Å². The minimum atomic E-state index is -0.467. The summed E-state index contributed by atoms with van der Waals surface area (Å²) >= 11 is 2.22. The van der Waals surface area contributed by atoms with Crippen LogP contribution in [0.4, 0.5) is 5.82 Å². The van der Waals surface area contributed by atoms with Crippen LogP contribution in [0.2, 0.25) is 0 Å². The maximum atomic E-state index is 13.2. The molecule has 1 unspecified atom stereocenters. The van der Waals surface area contributed by atoms with Crippen molar-refractivity contribution in [3.05, 3.63) is 90.1 Å². The van der Waals surface area contributed by atoms with Crippen molar-refractivity contribution in [2.45, 2.75) is 32.2 Å². The molecule has 0 fully saturated rings. The number of aromatic nitrogens is 2. The third-order valence-corrected chi connectivity index (χ3v) is 6.71. The third kappa shape index (κ3) is 5.74. The van der Waals surface area contributed by atoms with Gasteiger partial charge in [-0.1, -0.05) is 48.9 Å². The van der Waals surface area contributed by atoms with E-state index in [2.05, 4.69) is 34.7 Å². The van der Waals surface area contributed by atoms with Crippen molar-refractivity contribution in [3.63, 3.8) is 0 Å². The van der Waals surface area contributed by atoms with E-state index >= 15 is 0 Å². The second kappa shape index (κ2) is 12.0. The third-order valence-electron chi connectivity index (χ3n) is 5.82. The van der Waals surface area contributed by atoms with Gasteiger partial charge in [-0.2, -0.15) is 4.99 Å². The van der Waals surface area contributed by atoms with E-state index in [1.807, 2.05) is 42.5 Å². The van der Waals surface area contributed by atoms with Gasteiger partial charge in [0.25, 0.3) is 5.56 Å². The minimum Gasteiger partial charge on any atom is -0.854 e. The summed E-state index contributed by atoms with van der Waals surface area (Å²) in [4.78, 5) is 30.8. The normalized spacial score (nSPS) is 15.0. The standard InChI is InChI=1S/C25H25IN3O4.Li/c1-28-22-19(24(31)29(25(28)32)14-7-15-30)13-12-18(16-17-8-3-2-4-9-17)23(27-22)33-21-11-6-5-10-20(21)26;/h2-6,8-11,18H,7,12-16H2,1H3;/q-1;+1. The van der Waals surface area contributed by atoms with E-state index in [4.69, 9.17) is 9.73 Å². The molecule has 3 aromatic rings. The van der Waals surface area contributed by atoms with Crippen molar-refractivity contribution in [3.8, 4) is 5.75 Å². The number of para-hydroxylation sites is 1. The Balaban J connectivity index is 0.00000324. The van der Waals surface area contributed by atoms with Gasteiger partial charge in [-0.05, 0) is 59.5 Å². The SMILES string of the molecule is Cn1c2c(c(=O)n(CCC[O-])c1=O)CCC(Cc1ccccc1)C(Oc1ccccc1I)=N2.[Li+]. The topological polar surface area (TPSA) is 88.7 Å². The van der Waals surface area contributed by atoms with Gasteiger partial charge < -0.3 is 9.84 Å². The van der Waals surface area contributed by atoms with Crippen molar-refractivity contribution >= 4 is 34.3 Å². The summed E-state index contributed by atoms with van der Waals surface area (Å²) in [5.74, 6) is 1.45. The number of nitrogens with zero attached hydrogens (tertiary/aromatic N) is 3. The quantitative estimate of drug-likeness (QED) is 0.307. The first kappa shape index (κ1) is 26.5. The van der Waals surface area contributed by atoms with Gasteiger partial charge in [0.05, 0.1) is 9.13 Å². The maximum Gasteiger partial charge on any atom is 1.00 e. The van der Waals surface area contributed by atoms with E-state index in [-0.39, 0.29) is 49.9 Å². The molecule has 9 heteroatoms. The summed E-state index contributed by atoms with van der Waals surface area (Å²) in [6.07, 6.45) is 2.06. The molecule has 2 heterocycles. The van der Waals surface area contributed by atoms with Gasteiger partial charge in [-0.15, -0.1) is 6.61 Å². The summed E-state index contributed by atoms with van der Waals surface area (Å²) in [6.45, 7) is -0.220. The monoisotopic (exact) mass is 565 g/mol. The van der Waals surface area contributed by atoms with Gasteiger partial charge in [-0.3, -0.25) is 13.9 Å². The van der Waals surface area contributed by atoms with Crippen LogP contribution in [0.3, 0.4) is 0 Å². The van der Waals surface area contributed by atoms with E-state index < -0.39 is 5.69 Å². The molecule has 34 heavy (non-hydrogen) atoms. The number of aliphatic imine (C=N–C) groups is 1. The molecule has 4 rings (SSSR count). The largest absolute Gasteiger partial charge is 1.00 e. The van der Waals surface area contributed by atoms with Crippen molar-refractivity contribution < 1.29 is 28.7 Å². The number of fused-ring (bicyclic) bond motifs is 1. The van der Waals surface area contributed by atoms with Crippen molar-refractivity contribution in [1.29, 1.82) is 0 Å². The Morgan fingerprint density at radius 2 is 1.82 bits per heavy atom. The Bertz CT molecular complexity index is 1290. The van der Waals surface area contributed by atoms with Gasteiger partial charge in [0, 0.05) is 19.5 Å². The zero-order chi connectivity index (χ0) is 23.4. The fourth-order valence-corrected chi connectivity index (χ4v) is 4.57. The second-order valence-corrected chi connectivity index (χ2v) is 9.23. The zero-order valence-electron chi connectivity index (χ0n) is 19.4. The molecular weight excluding hydrogens is 540 g/mol. The number of rotatable bonds is 6. The number of hydrogen-bond acceptors (Lipinski definition) is 5. The molecule has 1 aromatic heterocycles. The first-order valence-corrected chi connectivity index (χ1v) is 12.0. The molecule has 1 aliphatic heterocycles. The fraction of sp³-hybridized carbons (Fsp3) is 0.320. The second-order valence-electron chi connectivity index (χ2n) is 8.07. The van der Waals surface area contributed by atoms with Crippen LogP contribution < -0.4 is 40.0 Å². The van der Waals surface area contributed by atoms with Crippen molar-refractivity contribution in [2.24, 2.45) is 18.0 Å². The first-order chi connectivity index (χ1) is 16.0. The molecule has 0 spiro atoms. The molecule has 0 saturated heterocycles. The molecule has 172 valence electrons. The number of benzene rings is 2. The Labute approximate surface area is 223 Å². The Morgan fingerprint density at radius 3 is 2.53 bits per heavy atom. The molecule has 1 atom stereocenters. The Hall–Kier alpha value is -2.12. The van der Waals surface area contributed by atoms with Crippen LogP contribution in [0.5, 0.6) is 5.75 Å². The summed E-state index contributed by atoms with van der Waals surface area (Å²) < 4.78 is 9.81. The molecule has 0 saturated carbocycles. The predicted molar refractivity (Wildman–Crippen MR) is 134 cm³/mol. The maximum absolute atomic E-state index is 13.2. The molecule has 1 aliphatic rings. The van der Waals surface area contributed by atoms with Gasteiger partial charge in [0.1, 0.15) is 11.6 Å². The molecular formula is C25H25ILiN3O4. The van der Waals surface area contributed by atoms with Crippen molar-refractivity contribution in [2.75, 3.05) is 6.61 Å². The first-order valence-electron chi connectivity index (χ1n) is 10.9. The average molecular weight is 565 g/mol. The van der Waals surface area contributed by atoms with Crippen LogP contribution >= 0.6 is 22.6 Å². The van der Waals surface area contributed by atoms with Gasteiger partial charge in [-0.25, -0.2) is 4.79 Å². The van der Waals surface area contributed by atoms with Gasteiger partial charge in [0.2, 0.25) is 0 Å². The summed E-state index contributed by atoms with van der Waals surface area (Å²) in [7, 11) is 1.61. The van der Waals surface area contributed by atoms with Crippen LogP contribution in [-0.4, -0.2) is 21.6 Å². The van der Waals surface area contributed by atoms with Crippen LogP contribution in [-0.2, 0) is 26.4 Å². The fourth-order valence-electron chi connectivity index (χ4n) is 4.07. The molecule has 0 amide bonds. The van der Waals surface area contributed by atoms with Crippen LogP contribution in [0, 0.1) is 9.49 Å². The predicted octanol–water partition coefficient (Wildman–Crippen LogP) is -0.180. The van der Waals surface area contributed by atoms with E-state index in [0.717, 1.165) is 13.7 Å². The summed E-state index contributed by atoms with van der Waals surface area (Å²) in [5.41, 5.74) is 0.807. The van der Waals surface area contributed by atoms with E-state index in [1.165, 1.54) is 4.57 Å². The summed E-state index contributed by atoms with van der Waals surface area (Å²) in [6, 6.07) is 17.8.